The largest absolute Gasteiger partial charge is 0.498 e. The highest BCUT2D eigenvalue weighted by Gasteiger charge is 2.51. The van der Waals surface area contributed by atoms with Crippen LogP contribution < -0.4 is 10.8 Å². The fourth-order valence-corrected chi connectivity index (χ4v) is 3.48. The van der Waals surface area contributed by atoms with Crippen molar-refractivity contribution < 1.29 is 14.1 Å². The average Bonchev–Trinajstić information content (AvgIpc) is 2.87. The summed E-state index contributed by atoms with van der Waals surface area (Å²) in [5.74, 6) is 0.988. The molecule has 7 nitrogen and oxygen atoms in total. The Bertz CT molecular complexity index is 655. The van der Waals surface area contributed by atoms with Gasteiger partial charge in [0, 0.05) is 37.5 Å². The molecule has 148 valence electrons. The van der Waals surface area contributed by atoms with Crippen LogP contribution in [0.3, 0.4) is 0 Å². The van der Waals surface area contributed by atoms with E-state index in [0.717, 1.165) is 37.9 Å². The third kappa shape index (κ3) is 4.55. The molecule has 1 aromatic heterocycles. The zero-order chi connectivity index (χ0) is 19.7. The Balaban J connectivity index is 1.53. The van der Waals surface area contributed by atoms with Gasteiger partial charge in [0.25, 0.3) is 0 Å². The fraction of sp³-hybridized carbons (Fsp3) is 0.722. The van der Waals surface area contributed by atoms with Gasteiger partial charge in [-0.3, -0.25) is 4.79 Å². The molecule has 1 N–H and O–H groups in total. The first-order valence-electron chi connectivity index (χ1n) is 9.47. The molecular formula is C18H28BClN4O3. The maximum atomic E-state index is 11.8. The van der Waals surface area contributed by atoms with E-state index in [9.17, 15) is 4.79 Å². The number of nitrogens with zero attached hydrogens (tertiary/aromatic N) is 3. The molecule has 1 atom stereocenters. The summed E-state index contributed by atoms with van der Waals surface area (Å²) in [7, 11) is -0.461. The van der Waals surface area contributed by atoms with Crippen LogP contribution in [-0.2, 0) is 14.1 Å². The Morgan fingerprint density at radius 2 is 1.93 bits per heavy atom. The molecule has 2 aliphatic heterocycles. The van der Waals surface area contributed by atoms with Crippen LogP contribution in [0.15, 0.2) is 12.4 Å². The zero-order valence-electron chi connectivity index (χ0n) is 16.5. The van der Waals surface area contributed by atoms with Crippen LogP contribution in [0.5, 0.6) is 0 Å². The quantitative estimate of drug-likeness (QED) is 0.605. The summed E-state index contributed by atoms with van der Waals surface area (Å²) in [6.07, 6.45) is 5.55. The van der Waals surface area contributed by atoms with Gasteiger partial charge in [0.05, 0.1) is 11.2 Å². The summed E-state index contributed by atoms with van der Waals surface area (Å²) in [5.41, 5.74) is 0.0276. The number of alkyl halides is 1. The zero-order valence-corrected chi connectivity index (χ0v) is 17.3. The number of halogens is 1. The maximum absolute atomic E-state index is 11.8. The van der Waals surface area contributed by atoms with Crippen molar-refractivity contribution in [2.24, 2.45) is 5.92 Å². The second-order valence-electron chi connectivity index (χ2n) is 8.29. The Kier molecular flexibility index (Phi) is 5.98. The van der Waals surface area contributed by atoms with Crippen molar-refractivity contribution in [3.05, 3.63) is 12.4 Å². The summed E-state index contributed by atoms with van der Waals surface area (Å²) < 4.78 is 12.0. The number of hydrogen-bond acceptors (Lipinski definition) is 6. The number of piperidine rings is 1. The lowest BCUT2D eigenvalue weighted by Crippen LogP contribution is -2.42. The molecule has 3 rings (SSSR count). The summed E-state index contributed by atoms with van der Waals surface area (Å²) in [4.78, 5) is 22.4. The molecule has 0 radical (unpaired) electrons. The maximum Gasteiger partial charge on any atom is 0.498 e. The second kappa shape index (κ2) is 7.93. The molecule has 2 aliphatic rings. The summed E-state index contributed by atoms with van der Waals surface area (Å²) >= 11 is 5.66. The van der Waals surface area contributed by atoms with Gasteiger partial charge in [0.2, 0.25) is 11.9 Å². The highest BCUT2D eigenvalue weighted by atomic mass is 35.5. The SMILES string of the molecule is CC1(C)OB(c2cnc(NC[C@@H]3CCCN(C(=O)CCl)C3)nc2)OC1(C)C. The van der Waals surface area contributed by atoms with E-state index < -0.39 is 7.12 Å². The molecule has 0 aromatic carbocycles. The van der Waals surface area contributed by atoms with Gasteiger partial charge in [-0.15, -0.1) is 11.6 Å². The minimum Gasteiger partial charge on any atom is -0.399 e. The van der Waals surface area contributed by atoms with Gasteiger partial charge in [-0.1, -0.05) is 0 Å². The first-order valence-corrected chi connectivity index (χ1v) is 10.0. The predicted molar refractivity (Wildman–Crippen MR) is 106 cm³/mol. The molecule has 0 spiro atoms. The van der Waals surface area contributed by atoms with Gasteiger partial charge in [0.15, 0.2) is 0 Å². The first-order chi connectivity index (χ1) is 12.7. The molecule has 9 heteroatoms. The number of hydrogen-bond donors (Lipinski definition) is 1. The van der Waals surface area contributed by atoms with Crippen molar-refractivity contribution in [2.75, 3.05) is 30.8 Å². The number of nitrogens with one attached hydrogen (secondary N) is 1. The number of anilines is 1. The molecule has 3 heterocycles. The van der Waals surface area contributed by atoms with Crippen molar-refractivity contribution in [1.29, 1.82) is 0 Å². The van der Waals surface area contributed by atoms with Crippen LogP contribution in [0, 0.1) is 5.92 Å². The number of amides is 1. The van der Waals surface area contributed by atoms with Crippen LogP contribution in [-0.4, -0.2) is 64.6 Å². The lowest BCUT2D eigenvalue weighted by molar-refractivity contribution is -0.130. The van der Waals surface area contributed by atoms with E-state index >= 15 is 0 Å². The Morgan fingerprint density at radius 1 is 1.30 bits per heavy atom. The number of aromatic nitrogens is 2. The van der Waals surface area contributed by atoms with Crippen molar-refractivity contribution in [3.8, 4) is 0 Å². The van der Waals surface area contributed by atoms with Gasteiger partial charge in [-0.2, -0.15) is 0 Å². The molecule has 0 bridgehead atoms. The van der Waals surface area contributed by atoms with Crippen LogP contribution >= 0.6 is 11.6 Å². The van der Waals surface area contributed by atoms with Crippen molar-refractivity contribution in [2.45, 2.75) is 51.7 Å². The van der Waals surface area contributed by atoms with Crippen LogP contribution in [0.25, 0.3) is 0 Å². The van der Waals surface area contributed by atoms with Crippen LogP contribution in [0.1, 0.15) is 40.5 Å². The van der Waals surface area contributed by atoms with E-state index in [1.54, 1.807) is 12.4 Å². The molecule has 0 unspecified atom stereocenters. The Hall–Kier alpha value is -1.38. The number of carbonyl (C=O) groups excluding carboxylic acids is 1. The van der Waals surface area contributed by atoms with Gasteiger partial charge in [-0.25, -0.2) is 9.97 Å². The van der Waals surface area contributed by atoms with Gasteiger partial charge >= 0.3 is 7.12 Å². The topological polar surface area (TPSA) is 76.6 Å². The molecule has 27 heavy (non-hydrogen) atoms. The highest BCUT2D eigenvalue weighted by molar-refractivity contribution is 6.61. The third-order valence-electron chi connectivity index (χ3n) is 5.73. The smallest absolute Gasteiger partial charge is 0.399 e. The molecule has 1 aromatic rings. The summed E-state index contributed by atoms with van der Waals surface area (Å²) in [5, 5.41) is 3.27. The standard InChI is InChI=1S/C18H28BClN4O3/c1-17(2)18(3,4)27-19(26-17)14-10-22-16(23-11-14)21-9-13-6-5-7-24(12-13)15(25)8-20/h10-11,13H,5-9,12H2,1-4H3,(H,21,22,23)/t13-/m0/s1. The average molecular weight is 395 g/mol. The van der Waals surface area contributed by atoms with E-state index in [0.29, 0.717) is 11.9 Å². The normalized spacial score (nSPS) is 24.1. The van der Waals surface area contributed by atoms with Crippen LogP contribution in [0.2, 0.25) is 0 Å². The van der Waals surface area contributed by atoms with Crippen molar-refractivity contribution >= 4 is 36.0 Å². The summed E-state index contributed by atoms with van der Waals surface area (Å²) in [6.45, 7) is 10.3. The second-order valence-corrected chi connectivity index (χ2v) is 8.56. The minimum atomic E-state index is -0.461. The minimum absolute atomic E-state index is 0.00406. The van der Waals surface area contributed by atoms with Gasteiger partial charge in [-0.05, 0) is 46.5 Å². The molecular weight excluding hydrogens is 366 g/mol. The summed E-state index contributed by atoms with van der Waals surface area (Å²) in [6, 6.07) is 0. The molecule has 0 saturated carbocycles. The Labute approximate surface area is 166 Å². The van der Waals surface area contributed by atoms with E-state index in [1.807, 2.05) is 32.6 Å². The van der Waals surface area contributed by atoms with Gasteiger partial charge < -0.3 is 19.5 Å². The van der Waals surface area contributed by atoms with E-state index in [1.165, 1.54) is 0 Å². The van der Waals surface area contributed by atoms with Crippen LogP contribution in [0.4, 0.5) is 5.95 Å². The molecule has 0 aliphatic carbocycles. The Morgan fingerprint density at radius 3 is 2.52 bits per heavy atom. The number of likely N-dealkylation sites (tertiary alicyclic amines) is 1. The van der Waals surface area contributed by atoms with E-state index in [-0.39, 0.29) is 23.0 Å². The molecule has 2 saturated heterocycles. The highest BCUT2D eigenvalue weighted by Crippen LogP contribution is 2.36. The number of rotatable bonds is 5. The third-order valence-corrected chi connectivity index (χ3v) is 5.96. The lowest BCUT2D eigenvalue weighted by Gasteiger charge is -2.32. The molecule has 2 fully saturated rings. The molecule has 1 amide bonds. The first kappa shape index (κ1) is 20.4. The predicted octanol–water partition coefficient (Wildman–Crippen LogP) is 1.67. The fourth-order valence-electron chi connectivity index (χ4n) is 3.31. The van der Waals surface area contributed by atoms with Crippen molar-refractivity contribution in [3.63, 3.8) is 0 Å². The monoisotopic (exact) mass is 394 g/mol. The van der Waals surface area contributed by atoms with Gasteiger partial charge in [0.1, 0.15) is 5.88 Å². The van der Waals surface area contributed by atoms with Crippen molar-refractivity contribution in [1.82, 2.24) is 14.9 Å². The lowest BCUT2D eigenvalue weighted by atomic mass is 9.81. The number of carbonyl (C=O) groups is 1. The van der Waals surface area contributed by atoms with E-state index in [4.69, 9.17) is 20.9 Å². The van der Waals surface area contributed by atoms with E-state index in [2.05, 4.69) is 15.3 Å².